The molecule has 0 atom stereocenters. The van der Waals surface area contributed by atoms with Gasteiger partial charge in [0.1, 0.15) is 18.1 Å². The average molecular weight is 379 g/mol. The number of anilines is 1. The van der Waals surface area contributed by atoms with Crippen molar-refractivity contribution in [3.8, 4) is 11.5 Å². The molecule has 0 aromatic heterocycles. The van der Waals surface area contributed by atoms with E-state index in [0.717, 1.165) is 29.9 Å². The van der Waals surface area contributed by atoms with Gasteiger partial charge < -0.3 is 14.4 Å². The molecule has 0 saturated carbocycles. The first-order chi connectivity index (χ1) is 13.4. The molecule has 0 unspecified atom stereocenters. The fourth-order valence-corrected chi connectivity index (χ4v) is 3.27. The zero-order chi connectivity index (χ0) is 20.3. The number of allylic oxidation sites excluding steroid dienone is 1. The Balaban J connectivity index is 1.83. The topological polar surface area (TPSA) is 55.8 Å². The molecule has 0 radical (unpaired) electrons. The van der Waals surface area contributed by atoms with Crippen molar-refractivity contribution >= 4 is 23.3 Å². The third-order valence-electron chi connectivity index (χ3n) is 4.71. The van der Waals surface area contributed by atoms with Gasteiger partial charge in [-0.05, 0) is 63.1 Å². The van der Waals surface area contributed by atoms with Crippen LogP contribution in [-0.4, -0.2) is 31.3 Å². The van der Waals surface area contributed by atoms with Crippen molar-refractivity contribution in [2.75, 3.05) is 24.6 Å². The Bertz CT molecular complexity index is 924. The quantitative estimate of drug-likeness (QED) is 0.667. The van der Waals surface area contributed by atoms with Gasteiger partial charge in [-0.2, -0.15) is 0 Å². The Hall–Kier alpha value is -3.08. The van der Waals surface area contributed by atoms with Gasteiger partial charge in [0.2, 0.25) is 5.78 Å². The van der Waals surface area contributed by atoms with E-state index in [1.165, 1.54) is 6.92 Å². The maximum atomic E-state index is 12.8. The second kappa shape index (κ2) is 8.30. The second-order valence-electron chi connectivity index (χ2n) is 6.81. The highest BCUT2D eigenvalue weighted by atomic mass is 16.5. The molecular formula is C23H25NO4. The molecule has 146 valence electrons. The molecule has 0 amide bonds. The van der Waals surface area contributed by atoms with E-state index in [0.29, 0.717) is 17.1 Å². The van der Waals surface area contributed by atoms with E-state index in [1.54, 1.807) is 18.2 Å². The molecular weight excluding hydrogens is 354 g/mol. The predicted molar refractivity (Wildman–Crippen MR) is 110 cm³/mol. The van der Waals surface area contributed by atoms with Crippen molar-refractivity contribution < 1.29 is 19.1 Å². The highest BCUT2D eigenvalue weighted by Gasteiger charge is 2.30. The van der Waals surface area contributed by atoms with Crippen molar-refractivity contribution in [3.05, 3.63) is 58.8 Å². The zero-order valence-corrected chi connectivity index (χ0v) is 16.7. The van der Waals surface area contributed by atoms with E-state index < -0.39 is 0 Å². The fraction of sp³-hybridized carbons (Fsp3) is 0.304. The van der Waals surface area contributed by atoms with Gasteiger partial charge in [0.25, 0.3) is 0 Å². The number of hydrogen-bond donors (Lipinski definition) is 0. The van der Waals surface area contributed by atoms with Crippen LogP contribution in [0.1, 0.15) is 42.3 Å². The second-order valence-corrected chi connectivity index (χ2v) is 6.81. The SMILES string of the molecule is CCN(CC)c1ccc(/C=C2\Oc3cc(OCC(C)=O)cc(C)c3C2=O)cc1. The minimum Gasteiger partial charge on any atom is -0.486 e. The molecule has 2 aromatic carbocycles. The Morgan fingerprint density at radius 3 is 2.43 bits per heavy atom. The van der Waals surface area contributed by atoms with Gasteiger partial charge in [-0.3, -0.25) is 9.59 Å². The van der Waals surface area contributed by atoms with Gasteiger partial charge in [-0.1, -0.05) is 12.1 Å². The number of aryl methyl sites for hydroxylation is 1. The van der Waals surface area contributed by atoms with Gasteiger partial charge >= 0.3 is 0 Å². The first kappa shape index (κ1) is 19.7. The van der Waals surface area contributed by atoms with E-state index in [2.05, 4.69) is 18.7 Å². The first-order valence-corrected chi connectivity index (χ1v) is 9.49. The first-order valence-electron chi connectivity index (χ1n) is 9.49. The lowest BCUT2D eigenvalue weighted by molar-refractivity contribution is -0.118. The lowest BCUT2D eigenvalue weighted by Gasteiger charge is -2.20. The van der Waals surface area contributed by atoms with Crippen LogP contribution in [-0.2, 0) is 4.79 Å². The number of Topliss-reactive ketones (excluding diaryl/α,β-unsaturated/α-hetero) is 2. The van der Waals surface area contributed by atoms with Gasteiger partial charge in [0, 0.05) is 24.8 Å². The number of ether oxygens (including phenoxy) is 2. The van der Waals surface area contributed by atoms with Crippen LogP contribution in [0.2, 0.25) is 0 Å². The third-order valence-corrected chi connectivity index (χ3v) is 4.71. The molecule has 0 bridgehead atoms. The van der Waals surface area contributed by atoms with Crippen LogP contribution < -0.4 is 14.4 Å². The number of fused-ring (bicyclic) bond motifs is 1. The summed E-state index contributed by atoms with van der Waals surface area (Å²) in [5.74, 6) is 1.07. The molecule has 0 saturated heterocycles. The monoisotopic (exact) mass is 379 g/mol. The lowest BCUT2D eigenvalue weighted by atomic mass is 10.0. The number of nitrogens with zero attached hydrogens (tertiary/aromatic N) is 1. The summed E-state index contributed by atoms with van der Waals surface area (Å²) < 4.78 is 11.3. The van der Waals surface area contributed by atoms with Crippen molar-refractivity contribution in [1.29, 1.82) is 0 Å². The molecule has 1 heterocycles. The summed E-state index contributed by atoms with van der Waals surface area (Å²) >= 11 is 0. The van der Waals surface area contributed by atoms with Crippen molar-refractivity contribution in [1.82, 2.24) is 0 Å². The Labute approximate surface area is 165 Å². The Kier molecular flexibility index (Phi) is 5.83. The Morgan fingerprint density at radius 1 is 1.14 bits per heavy atom. The van der Waals surface area contributed by atoms with Crippen LogP contribution in [0.4, 0.5) is 5.69 Å². The molecule has 0 aliphatic carbocycles. The molecule has 2 aromatic rings. The van der Waals surface area contributed by atoms with Crippen molar-refractivity contribution in [2.45, 2.75) is 27.7 Å². The maximum Gasteiger partial charge on any atom is 0.232 e. The Morgan fingerprint density at radius 2 is 1.82 bits per heavy atom. The van der Waals surface area contributed by atoms with E-state index in [4.69, 9.17) is 9.47 Å². The van der Waals surface area contributed by atoms with E-state index in [1.807, 2.05) is 31.2 Å². The van der Waals surface area contributed by atoms with Crippen LogP contribution in [0.15, 0.2) is 42.2 Å². The molecule has 5 nitrogen and oxygen atoms in total. The minimum absolute atomic E-state index is 0.00619. The van der Waals surface area contributed by atoms with E-state index in [-0.39, 0.29) is 23.9 Å². The molecule has 1 aliphatic rings. The number of benzene rings is 2. The summed E-state index contributed by atoms with van der Waals surface area (Å²) in [6.07, 6.45) is 1.75. The number of rotatable bonds is 7. The van der Waals surface area contributed by atoms with E-state index >= 15 is 0 Å². The summed E-state index contributed by atoms with van der Waals surface area (Å²) in [7, 11) is 0. The standard InChI is InChI=1S/C23H25NO4/c1-5-24(6-2)18-9-7-17(8-10-18)12-21-23(26)22-15(3)11-19(13-20(22)28-21)27-14-16(4)25/h7-13H,5-6,14H2,1-4H3/b21-12-. The smallest absolute Gasteiger partial charge is 0.232 e. The van der Waals surface area contributed by atoms with Gasteiger partial charge in [-0.25, -0.2) is 0 Å². The van der Waals surface area contributed by atoms with Crippen LogP contribution in [0, 0.1) is 6.92 Å². The highest BCUT2D eigenvalue weighted by molar-refractivity contribution is 6.15. The fourth-order valence-electron chi connectivity index (χ4n) is 3.27. The molecule has 5 heteroatoms. The van der Waals surface area contributed by atoms with Crippen LogP contribution in [0.3, 0.4) is 0 Å². The van der Waals surface area contributed by atoms with Crippen molar-refractivity contribution in [3.63, 3.8) is 0 Å². The van der Waals surface area contributed by atoms with Crippen molar-refractivity contribution in [2.24, 2.45) is 0 Å². The van der Waals surface area contributed by atoms with Crippen LogP contribution in [0.25, 0.3) is 6.08 Å². The van der Waals surface area contributed by atoms with Gasteiger partial charge in [-0.15, -0.1) is 0 Å². The third kappa shape index (κ3) is 4.09. The number of hydrogen-bond acceptors (Lipinski definition) is 5. The molecule has 28 heavy (non-hydrogen) atoms. The molecule has 0 N–H and O–H groups in total. The number of ketones is 2. The lowest BCUT2D eigenvalue weighted by Crippen LogP contribution is -2.21. The largest absolute Gasteiger partial charge is 0.486 e. The summed E-state index contributed by atoms with van der Waals surface area (Å²) in [6, 6.07) is 11.5. The summed E-state index contributed by atoms with van der Waals surface area (Å²) in [5, 5.41) is 0. The number of carbonyl (C=O) groups excluding carboxylic acids is 2. The maximum absolute atomic E-state index is 12.8. The zero-order valence-electron chi connectivity index (χ0n) is 16.7. The van der Waals surface area contributed by atoms with E-state index in [9.17, 15) is 9.59 Å². The normalized spacial score (nSPS) is 14.0. The van der Waals surface area contributed by atoms with Crippen LogP contribution >= 0.6 is 0 Å². The predicted octanol–water partition coefficient (Wildman–Crippen LogP) is 4.43. The minimum atomic E-state index is -0.140. The summed E-state index contributed by atoms with van der Waals surface area (Å²) in [4.78, 5) is 26.2. The average Bonchev–Trinajstić information content (AvgIpc) is 2.98. The number of carbonyl (C=O) groups is 2. The molecule has 3 rings (SSSR count). The summed E-state index contributed by atoms with van der Waals surface area (Å²) in [6.45, 7) is 9.43. The van der Waals surface area contributed by atoms with Gasteiger partial charge in [0.05, 0.1) is 5.56 Å². The molecule has 0 spiro atoms. The summed E-state index contributed by atoms with van der Waals surface area (Å²) in [5.41, 5.74) is 3.36. The molecule has 1 aliphatic heterocycles. The van der Waals surface area contributed by atoms with Gasteiger partial charge in [0.15, 0.2) is 11.5 Å². The highest BCUT2D eigenvalue weighted by Crippen LogP contribution is 2.37. The molecule has 0 fully saturated rings. The van der Waals surface area contributed by atoms with Crippen LogP contribution in [0.5, 0.6) is 11.5 Å².